The van der Waals surface area contributed by atoms with Crippen LogP contribution in [-0.4, -0.2) is 17.1 Å². The van der Waals surface area contributed by atoms with Crippen molar-refractivity contribution in [3.8, 4) is 12.0 Å². The number of rotatable bonds is 2. The van der Waals surface area contributed by atoms with Crippen LogP contribution in [0.25, 0.3) is 0 Å². The molecule has 0 saturated carbocycles. The van der Waals surface area contributed by atoms with Crippen LogP contribution in [0.5, 0.6) is 0 Å². The summed E-state index contributed by atoms with van der Waals surface area (Å²) in [7, 11) is 0. The first kappa shape index (κ1) is 10.4. The molecule has 0 heterocycles. The Balaban J connectivity index is 3.31. The lowest BCUT2D eigenvalue weighted by atomic mass is 10.8. The van der Waals surface area contributed by atoms with Crippen LogP contribution in [0.1, 0.15) is 6.92 Å². The van der Waals surface area contributed by atoms with Crippen LogP contribution in [0.3, 0.4) is 0 Å². The van der Waals surface area contributed by atoms with Crippen LogP contribution >= 0.6 is 22.6 Å². The first-order valence-corrected chi connectivity index (χ1v) is 4.46. The van der Waals surface area contributed by atoms with Gasteiger partial charge in [0.05, 0.1) is 11.0 Å². The van der Waals surface area contributed by atoms with E-state index in [9.17, 15) is 4.79 Å². The molecule has 0 spiro atoms. The lowest BCUT2D eigenvalue weighted by molar-refractivity contribution is 0.0911. The normalized spacial score (nSPS) is 7.45. The summed E-state index contributed by atoms with van der Waals surface area (Å²) < 4.78 is 5.13. The van der Waals surface area contributed by atoms with E-state index in [1.54, 1.807) is 6.92 Å². The fraction of sp³-hybridized carbons (Fsp3) is 0.500. The molecule has 0 aromatic heterocycles. The summed E-state index contributed by atoms with van der Waals surface area (Å²) >= 11 is 2.06. The van der Waals surface area contributed by atoms with E-state index in [2.05, 4.69) is 44.2 Å². The van der Waals surface area contributed by atoms with Gasteiger partial charge in [-0.25, -0.2) is 4.79 Å². The lowest BCUT2D eigenvalue weighted by Crippen LogP contribution is -2.22. The molecule has 5 heteroatoms. The largest absolute Gasteiger partial charge is 0.448 e. The van der Waals surface area contributed by atoms with Gasteiger partial charge in [-0.15, -0.1) is 5.48 Å². The summed E-state index contributed by atoms with van der Waals surface area (Å²) in [6.45, 7) is 2.02. The molecule has 0 fully saturated rings. The maximum atomic E-state index is 10.5. The molecule has 0 bridgehead atoms. The molecule has 4 nitrogen and oxygen atoms in total. The van der Waals surface area contributed by atoms with Crippen LogP contribution in [0.15, 0.2) is 0 Å². The van der Waals surface area contributed by atoms with Gasteiger partial charge in [0.2, 0.25) is 0 Å². The molecule has 0 aliphatic rings. The lowest BCUT2D eigenvalue weighted by Gasteiger charge is -1.99. The van der Waals surface area contributed by atoms with Gasteiger partial charge in [0.25, 0.3) is 0 Å². The Bertz CT molecular complexity index is 172. The van der Waals surface area contributed by atoms with E-state index in [0.29, 0.717) is 11.0 Å². The fourth-order valence-corrected chi connectivity index (χ4v) is 0.447. The Morgan fingerprint density at radius 2 is 2.45 bits per heavy atom. The third-order valence-electron chi connectivity index (χ3n) is 0.600. The number of alkyl halides is 1. The quantitative estimate of drug-likeness (QED) is 0.353. The Kier molecular flexibility index (Phi) is 7.03. The Morgan fingerprint density at radius 1 is 1.73 bits per heavy atom. The highest BCUT2D eigenvalue weighted by Gasteiger charge is 1.95. The second kappa shape index (κ2) is 7.47. The topological polar surface area (TPSA) is 47.6 Å². The summed E-state index contributed by atoms with van der Waals surface area (Å²) in [4.78, 5) is 14.9. The van der Waals surface area contributed by atoms with Crippen molar-refractivity contribution in [1.82, 2.24) is 5.48 Å². The molecular weight excluding hydrogens is 261 g/mol. The highest BCUT2D eigenvalue weighted by atomic mass is 127. The van der Waals surface area contributed by atoms with Gasteiger partial charge in [-0.2, -0.15) is 0 Å². The van der Waals surface area contributed by atoms with E-state index in [1.807, 2.05) is 5.48 Å². The minimum absolute atomic E-state index is 0.314. The predicted molar refractivity (Wildman–Crippen MR) is 47.9 cm³/mol. The highest BCUT2D eigenvalue weighted by Crippen LogP contribution is 1.76. The molecule has 0 rings (SSSR count). The molecule has 0 saturated heterocycles. The van der Waals surface area contributed by atoms with Gasteiger partial charge in [-0.05, 0) is 12.8 Å². The summed E-state index contributed by atoms with van der Waals surface area (Å²) in [5, 5.41) is 0. The van der Waals surface area contributed by atoms with Crippen molar-refractivity contribution in [2.75, 3.05) is 11.0 Å². The van der Waals surface area contributed by atoms with Gasteiger partial charge in [0.1, 0.15) is 6.11 Å². The van der Waals surface area contributed by atoms with E-state index < -0.39 is 6.09 Å². The molecule has 0 aliphatic carbocycles. The van der Waals surface area contributed by atoms with Crippen molar-refractivity contribution in [2.24, 2.45) is 0 Å². The van der Waals surface area contributed by atoms with E-state index in [4.69, 9.17) is 0 Å². The van der Waals surface area contributed by atoms with Crippen LogP contribution in [-0.2, 0) is 9.57 Å². The van der Waals surface area contributed by atoms with Crippen molar-refractivity contribution in [1.29, 1.82) is 0 Å². The first-order chi connectivity index (χ1) is 5.31. The molecular formula is C6H8INO3. The second-order valence-corrected chi connectivity index (χ2v) is 2.10. The molecule has 0 radical (unpaired) electrons. The minimum atomic E-state index is -0.629. The third-order valence-corrected chi connectivity index (χ3v) is 0.981. The van der Waals surface area contributed by atoms with Crippen LogP contribution in [0, 0.1) is 12.0 Å². The number of hydroxylamine groups is 1. The van der Waals surface area contributed by atoms with Gasteiger partial charge in [-0.3, -0.25) is 0 Å². The standard InChI is InChI=1S/C6H8INO3/c1-2-10-6(9)8-11-5-3-4-7/h2,4H2,1H3,(H,8,9). The summed E-state index contributed by atoms with van der Waals surface area (Å²) in [6, 6.07) is 0. The molecule has 11 heavy (non-hydrogen) atoms. The first-order valence-electron chi connectivity index (χ1n) is 2.93. The van der Waals surface area contributed by atoms with E-state index >= 15 is 0 Å². The number of ether oxygens (including phenoxy) is 1. The Labute approximate surface area is 78.7 Å². The monoisotopic (exact) mass is 269 g/mol. The molecule has 1 amide bonds. The third kappa shape index (κ3) is 7.25. The van der Waals surface area contributed by atoms with Crippen molar-refractivity contribution in [2.45, 2.75) is 6.92 Å². The van der Waals surface area contributed by atoms with Crippen LogP contribution in [0.4, 0.5) is 4.79 Å². The summed E-state index contributed by atoms with van der Waals surface area (Å²) in [6.07, 6.45) is 1.63. The minimum Gasteiger partial charge on any atom is -0.448 e. The number of amides is 1. The van der Waals surface area contributed by atoms with E-state index in [1.165, 1.54) is 0 Å². The zero-order valence-corrected chi connectivity index (χ0v) is 8.17. The molecule has 1 N–H and O–H groups in total. The van der Waals surface area contributed by atoms with Crippen molar-refractivity contribution < 1.29 is 14.4 Å². The molecule has 62 valence electrons. The molecule has 0 aliphatic heterocycles. The van der Waals surface area contributed by atoms with Gasteiger partial charge < -0.3 is 9.57 Å². The zero-order chi connectivity index (χ0) is 8.53. The number of hydrogen-bond donors (Lipinski definition) is 1. The number of nitrogens with one attached hydrogen (secondary N) is 1. The maximum absolute atomic E-state index is 10.5. The highest BCUT2D eigenvalue weighted by molar-refractivity contribution is 14.1. The Hall–Kier alpha value is -0.640. The molecule has 0 unspecified atom stereocenters. The summed E-state index contributed by atoms with van der Waals surface area (Å²) in [5.41, 5.74) is 1.98. The van der Waals surface area contributed by atoms with Crippen molar-refractivity contribution in [3.05, 3.63) is 0 Å². The maximum Gasteiger partial charge on any atom is 0.441 e. The van der Waals surface area contributed by atoms with Gasteiger partial charge in [-0.1, -0.05) is 22.6 Å². The SMILES string of the molecule is CCOC(=O)NOC#CCI. The predicted octanol–water partition coefficient (Wildman–Crippen LogP) is 1.06. The zero-order valence-electron chi connectivity index (χ0n) is 6.02. The second-order valence-electron chi connectivity index (χ2n) is 1.34. The van der Waals surface area contributed by atoms with Gasteiger partial charge >= 0.3 is 6.09 Å². The van der Waals surface area contributed by atoms with Crippen molar-refractivity contribution in [3.63, 3.8) is 0 Å². The van der Waals surface area contributed by atoms with E-state index in [-0.39, 0.29) is 0 Å². The molecule has 0 aromatic carbocycles. The number of hydrogen-bond acceptors (Lipinski definition) is 3. The van der Waals surface area contributed by atoms with Crippen LogP contribution in [0.2, 0.25) is 0 Å². The number of carbonyl (C=O) groups is 1. The summed E-state index contributed by atoms with van der Waals surface area (Å²) in [5.74, 6) is 2.59. The number of halogens is 1. The Morgan fingerprint density at radius 3 is 3.00 bits per heavy atom. The van der Waals surface area contributed by atoms with Crippen molar-refractivity contribution >= 4 is 28.7 Å². The fourth-order valence-electron chi connectivity index (χ4n) is 0.291. The van der Waals surface area contributed by atoms with Crippen LogP contribution < -0.4 is 5.48 Å². The average Bonchev–Trinajstić information content (AvgIpc) is 1.99. The molecule has 0 aromatic rings. The molecule has 0 atom stereocenters. The smallest absolute Gasteiger partial charge is 0.441 e. The number of carbonyl (C=O) groups excluding carboxylic acids is 1. The van der Waals surface area contributed by atoms with Gasteiger partial charge in [0, 0.05) is 0 Å². The van der Waals surface area contributed by atoms with E-state index in [0.717, 1.165) is 0 Å². The average molecular weight is 269 g/mol. The van der Waals surface area contributed by atoms with Gasteiger partial charge in [0.15, 0.2) is 0 Å².